The third-order valence-electron chi connectivity index (χ3n) is 3.44. The molecule has 1 aliphatic rings. The van der Waals surface area contributed by atoms with Crippen LogP contribution in [0.15, 0.2) is 0 Å². The third kappa shape index (κ3) is 4.37. The predicted octanol–water partition coefficient (Wildman–Crippen LogP) is 1.79. The van der Waals surface area contributed by atoms with E-state index in [1.54, 1.807) is 9.80 Å². The molecule has 0 saturated carbocycles. The number of ether oxygens (including phenoxy) is 1. The van der Waals surface area contributed by atoms with E-state index in [1.165, 1.54) is 0 Å². The average molecular weight is 286 g/mol. The molecule has 0 aliphatic carbocycles. The van der Waals surface area contributed by atoms with Gasteiger partial charge < -0.3 is 19.6 Å². The summed E-state index contributed by atoms with van der Waals surface area (Å²) < 4.78 is 5.53. The summed E-state index contributed by atoms with van der Waals surface area (Å²) in [6, 6.07) is -0.102. The molecule has 2 unspecified atom stereocenters. The molecule has 6 heteroatoms. The Morgan fingerprint density at radius 1 is 1.35 bits per heavy atom. The largest absolute Gasteiger partial charge is 0.481 e. The lowest BCUT2D eigenvalue weighted by molar-refractivity contribution is -0.137. The topological polar surface area (TPSA) is 70.1 Å². The minimum absolute atomic E-state index is 0.00776. The standard InChI is InChI=1S/C14H26N2O4/c1-10-9-20-11(2)8-15(10)13(19)16(14(3,4)5)7-6-12(17)18/h10-11H,6-9H2,1-5H3,(H,17,18). The van der Waals surface area contributed by atoms with Crippen LogP contribution in [0.3, 0.4) is 0 Å². The van der Waals surface area contributed by atoms with Gasteiger partial charge in [0, 0.05) is 18.6 Å². The molecule has 1 fully saturated rings. The number of amides is 2. The first kappa shape index (κ1) is 16.8. The number of nitrogens with zero attached hydrogens (tertiary/aromatic N) is 2. The first-order valence-corrected chi connectivity index (χ1v) is 7.04. The molecule has 1 aliphatic heterocycles. The summed E-state index contributed by atoms with van der Waals surface area (Å²) in [5, 5.41) is 8.84. The van der Waals surface area contributed by atoms with Crippen LogP contribution in [0.1, 0.15) is 41.0 Å². The van der Waals surface area contributed by atoms with Gasteiger partial charge in [0.25, 0.3) is 0 Å². The predicted molar refractivity (Wildman–Crippen MR) is 75.7 cm³/mol. The van der Waals surface area contributed by atoms with Crippen molar-refractivity contribution in [3.8, 4) is 0 Å². The molecular formula is C14H26N2O4. The summed E-state index contributed by atoms with van der Waals surface area (Å²) in [7, 11) is 0. The number of hydrogen-bond donors (Lipinski definition) is 1. The molecule has 20 heavy (non-hydrogen) atoms. The van der Waals surface area contributed by atoms with Crippen molar-refractivity contribution in [1.29, 1.82) is 0 Å². The van der Waals surface area contributed by atoms with Crippen molar-refractivity contribution in [1.82, 2.24) is 9.80 Å². The van der Waals surface area contributed by atoms with Gasteiger partial charge in [-0.2, -0.15) is 0 Å². The summed E-state index contributed by atoms with van der Waals surface area (Å²) >= 11 is 0. The van der Waals surface area contributed by atoms with Gasteiger partial charge in [0.05, 0.1) is 25.2 Å². The van der Waals surface area contributed by atoms with E-state index in [0.717, 1.165) is 0 Å². The van der Waals surface area contributed by atoms with E-state index in [9.17, 15) is 9.59 Å². The van der Waals surface area contributed by atoms with E-state index in [-0.39, 0.29) is 31.1 Å². The van der Waals surface area contributed by atoms with Gasteiger partial charge in [-0.25, -0.2) is 4.79 Å². The summed E-state index contributed by atoms with van der Waals surface area (Å²) in [4.78, 5) is 26.9. The van der Waals surface area contributed by atoms with Gasteiger partial charge in [0.15, 0.2) is 0 Å². The number of carboxylic acid groups (broad SMARTS) is 1. The van der Waals surface area contributed by atoms with Crippen LogP contribution in [0.5, 0.6) is 0 Å². The van der Waals surface area contributed by atoms with E-state index < -0.39 is 11.5 Å². The summed E-state index contributed by atoms with van der Waals surface area (Å²) in [5.74, 6) is -0.893. The Kier molecular flexibility index (Phi) is 5.39. The maximum Gasteiger partial charge on any atom is 0.320 e. The molecule has 1 heterocycles. The van der Waals surface area contributed by atoms with E-state index in [1.807, 2.05) is 34.6 Å². The van der Waals surface area contributed by atoms with Crippen molar-refractivity contribution in [2.24, 2.45) is 0 Å². The monoisotopic (exact) mass is 286 g/mol. The minimum Gasteiger partial charge on any atom is -0.481 e. The number of carbonyl (C=O) groups is 2. The van der Waals surface area contributed by atoms with Crippen molar-refractivity contribution in [2.75, 3.05) is 19.7 Å². The maximum atomic E-state index is 12.7. The summed E-state index contributed by atoms with van der Waals surface area (Å²) in [6.07, 6.45) is -0.0338. The lowest BCUT2D eigenvalue weighted by atomic mass is 10.1. The average Bonchev–Trinajstić information content (AvgIpc) is 2.30. The molecule has 0 radical (unpaired) electrons. The van der Waals surface area contributed by atoms with Gasteiger partial charge in [-0.1, -0.05) is 0 Å². The van der Waals surface area contributed by atoms with E-state index in [2.05, 4.69) is 0 Å². The molecule has 6 nitrogen and oxygen atoms in total. The zero-order valence-electron chi connectivity index (χ0n) is 13.0. The van der Waals surface area contributed by atoms with Crippen LogP contribution in [-0.2, 0) is 9.53 Å². The molecule has 1 rings (SSSR count). The Balaban J connectivity index is 2.83. The molecule has 116 valence electrons. The van der Waals surface area contributed by atoms with Crippen molar-refractivity contribution >= 4 is 12.0 Å². The Labute approximate surface area is 120 Å². The number of urea groups is 1. The molecule has 2 atom stereocenters. The number of carbonyl (C=O) groups excluding carboxylic acids is 1. The maximum absolute atomic E-state index is 12.7. The van der Waals surface area contributed by atoms with Crippen molar-refractivity contribution < 1.29 is 19.4 Å². The van der Waals surface area contributed by atoms with Crippen LogP contribution in [0.4, 0.5) is 4.79 Å². The highest BCUT2D eigenvalue weighted by molar-refractivity contribution is 5.76. The Bertz CT molecular complexity index is 365. The number of carboxylic acids is 1. The molecule has 1 N–H and O–H groups in total. The van der Waals surface area contributed by atoms with E-state index in [4.69, 9.17) is 9.84 Å². The second-order valence-electron chi connectivity index (χ2n) is 6.39. The van der Waals surface area contributed by atoms with Crippen LogP contribution in [0.25, 0.3) is 0 Å². The second-order valence-corrected chi connectivity index (χ2v) is 6.39. The van der Waals surface area contributed by atoms with Gasteiger partial charge in [0.2, 0.25) is 0 Å². The first-order valence-electron chi connectivity index (χ1n) is 7.04. The SMILES string of the molecule is CC1CN(C(=O)N(CCC(=O)O)C(C)(C)C)C(C)CO1. The third-order valence-corrected chi connectivity index (χ3v) is 3.44. The molecule has 2 amide bonds. The minimum atomic E-state index is -0.893. The zero-order valence-corrected chi connectivity index (χ0v) is 13.0. The number of morpholine rings is 1. The summed E-state index contributed by atoms with van der Waals surface area (Å²) in [6.45, 7) is 10.9. The highest BCUT2D eigenvalue weighted by Crippen LogP contribution is 2.20. The van der Waals surface area contributed by atoms with E-state index >= 15 is 0 Å². The van der Waals surface area contributed by atoms with Crippen LogP contribution < -0.4 is 0 Å². The fourth-order valence-electron chi connectivity index (χ4n) is 2.25. The van der Waals surface area contributed by atoms with Gasteiger partial charge in [-0.3, -0.25) is 4.79 Å². The van der Waals surface area contributed by atoms with Crippen LogP contribution in [0.2, 0.25) is 0 Å². The van der Waals surface area contributed by atoms with Crippen LogP contribution in [0, 0.1) is 0 Å². The highest BCUT2D eigenvalue weighted by atomic mass is 16.5. The number of rotatable bonds is 3. The Morgan fingerprint density at radius 2 is 1.95 bits per heavy atom. The normalized spacial score (nSPS) is 23.6. The summed E-state index contributed by atoms with van der Waals surface area (Å²) in [5.41, 5.74) is -0.409. The molecular weight excluding hydrogens is 260 g/mol. The van der Waals surface area contributed by atoms with E-state index in [0.29, 0.717) is 13.2 Å². The first-order chi connectivity index (χ1) is 9.12. The molecule has 0 aromatic rings. The quantitative estimate of drug-likeness (QED) is 0.858. The second kappa shape index (κ2) is 6.43. The van der Waals surface area contributed by atoms with Gasteiger partial charge in [0.1, 0.15) is 0 Å². The fraction of sp³-hybridized carbons (Fsp3) is 0.857. The van der Waals surface area contributed by atoms with Gasteiger partial charge >= 0.3 is 12.0 Å². The molecule has 0 spiro atoms. The number of hydrogen-bond acceptors (Lipinski definition) is 3. The molecule has 0 bridgehead atoms. The highest BCUT2D eigenvalue weighted by Gasteiger charge is 2.35. The van der Waals surface area contributed by atoms with Crippen LogP contribution >= 0.6 is 0 Å². The van der Waals surface area contributed by atoms with Crippen LogP contribution in [-0.4, -0.2) is 64.3 Å². The van der Waals surface area contributed by atoms with Gasteiger partial charge in [-0.05, 0) is 34.6 Å². The zero-order chi connectivity index (χ0) is 15.5. The van der Waals surface area contributed by atoms with Gasteiger partial charge in [-0.15, -0.1) is 0 Å². The lowest BCUT2D eigenvalue weighted by Crippen LogP contribution is -2.58. The molecule has 0 aromatic carbocycles. The Morgan fingerprint density at radius 3 is 2.45 bits per heavy atom. The van der Waals surface area contributed by atoms with Crippen molar-refractivity contribution in [3.63, 3.8) is 0 Å². The lowest BCUT2D eigenvalue weighted by Gasteiger charge is -2.44. The Hall–Kier alpha value is -1.30. The van der Waals surface area contributed by atoms with Crippen molar-refractivity contribution in [2.45, 2.75) is 58.7 Å². The molecule has 0 aromatic heterocycles. The molecule has 1 saturated heterocycles. The number of aliphatic carboxylic acids is 1. The fourth-order valence-corrected chi connectivity index (χ4v) is 2.25. The van der Waals surface area contributed by atoms with Crippen molar-refractivity contribution in [3.05, 3.63) is 0 Å². The smallest absolute Gasteiger partial charge is 0.320 e.